The Bertz CT molecular complexity index is 344. The van der Waals surface area contributed by atoms with Gasteiger partial charge in [0.2, 0.25) is 0 Å². The summed E-state index contributed by atoms with van der Waals surface area (Å²) in [4.78, 5) is 6.54. The lowest BCUT2D eigenvalue weighted by Crippen LogP contribution is -2.32. The van der Waals surface area contributed by atoms with Crippen LogP contribution in [0.4, 0.5) is 5.13 Å². The van der Waals surface area contributed by atoms with Gasteiger partial charge in [-0.3, -0.25) is 0 Å². The minimum absolute atomic E-state index is 0.545. The van der Waals surface area contributed by atoms with Crippen molar-refractivity contribution in [1.82, 2.24) is 4.98 Å². The van der Waals surface area contributed by atoms with Gasteiger partial charge in [0.15, 0.2) is 10.8 Å². The molecule has 0 amide bonds. The number of rotatable bonds is 1. The van der Waals surface area contributed by atoms with Crippen LogP contribution in [0.15, 0.2) is 5.38 Å². The van der Waals surface area contributed by atoms with Crippen molar-refractivity contribution in [3.8, 4) is 6.07 Å². The van der Waals surface area contributed by atoms with E-state index in [1.807, 2.05) is 5.38 Å². The van der Waals surface area contributed by atoms with E-state index in [9.17, 15) is 0 Å². The maximum atomic E-state index is 8.67. The molecular weight excluding hydrogens is 194 g/mol. The second-order valence-corrected chi connectivity index (χ2v) is 4.63. The fourth-order valence-corrected chi connectivity index (χ4v) is 2.47. The fourth-order valence-electron chi connectivity index (χ4n) is 1.66. The van der Waals surface area contributed by atoms with Crippen molar-refractivity contribution < 1.29 is 0 Å². The van der Waals surface area contributed by atoms with Gasteiger partial charge in [0.25, 0.3) is 0 Å². The van der Waals surface area contributed by atoms with E-state index in [2.05, 4.69) is 22.9 Å². The van der Waals surface area contributed by atoms with Gasteiger partial charge in [-0.2, -0.15) is 5.26 Å². The molecule has 1 aromatic heterocycles. The van der Waals surface area contributed by atoms with E-state index >= 15 is 0 Å². The van der Waals surface area contributed by atoms with Gasteiger partial charge in [-0.05, 0) is 18.8 Å². The fraction of sp³-hybridized carbons (Fsp3) is 0.600. The van der Waals surface area contributed by atoms with Crippen LogP contribution in [0.2, 0.25) is 0 Å². The summed E-state index contributed by atoms with van der Waals surface area (Å²) in [6.07, 6.45) is 2.48. The first-order chi connectivity index (χ1) is 6.79. The van der Waals surface area contributed by atoms with Crippen LogP contribution in [0.25, 0.3) is 0 Å². The molecule has 0 aliphatic carbocycles. The lowest BCUT2D eigenvalue weighted by molar-refractivity contribution is 0.438. The van der Waals surface area contributed by atoms with Crippen LogP contribution in [0.5, 0.6) is 0 Å². The van der Waals surface area contributed by atoms with Gasteiger partial charge in [-0.25, -0.2) is 4.98 Å². The van der Waals surface area contributed by atoms with Crippen molar-refractivity contribution in [3.63, 3.8) is 0 Å². The second kappa shape index (κ2) is 3.97. The molecule has 2 heterocycles. The Balaban J connectivity index is 2.05. The third kappa shape index (κ3) is 1.88. The molecule has 1 saturated heterocycles. The number of piperidine rings is 1. The number of nitrogens with zero attached hydrogens (tertiary/aromatic N) is 3. The normalized spacial score (nSPS) is 18.1. The van der Waals surface area contributed by atoms with Crippen LogP contribution in [0.1, 0.15) is 25.5 Å². The van der Waals surface area contributed by atoms with Crippen LogP contribution in [-0.2, 0) is 0 Å². The first-order valence-electron chi connectivity index (χ1n) is 4.90. The van der Waals surface area contributed by atoms with Crippen molar-refractivity contribution in [1.29, 1.82) is 5.26 Å². The predicted octanol–water partition coefficient (Wildman–Crippen LogP) is 2.25. The molecule has 3 nitrogen and oxygen atoms in total. The molecule has 2 rings (SSSR count). The Morgan fingerprint density at radius 1 is 1.57 bits per heavy atom. The van der Waals surface area contributed by atoms with Gasteiger partial charge < -0.3 is 4.90 Å². The number of aromatic nitrogens is 1. The molecule has 1 aliphatic rings. The molecule has 14 heavy (non-hydrogen) atoms. The average Bonchev–Trinajstić information content (AvgIpc) is 2.67. The van der Waals surface area contributed by atoms with Gasteiger partial charge in [0.05, 0.1) is 0 Å². The highest BCUT2D eigenvalue weighted by Gasteiger charge is 2.18. The summed E-state index contributed by atoms with van der Waals surface area (Å²) in [5.41, 5.74) is 0.545. The lowest BCUT2D eigenvalue weighted by Gasteiger charge is -2.29. The Morgan fingerprint density at radius 3 is 2.86 bits per heavy atom. The first kappa shape index (κ1) is 9.47. The number of hydrogen-bond acceptors (Lipinski definition) is 4. The van der Waals surface area contributed by atoms with Crippen molar-refractivity contribution in [2.45, 2.75) is 19.8 Å². The minimum atomic E-state index is 0.545. The molecule has 0 unspecified atom stereocenters. The Kier molecular flexibility index (Phi) is 2.69. The van der Waals surface area contributed by atoms with E-state index in [1.54, 1.807) is 11.3 Å². The van der Waals surface area contributed by atoms with E-state index in [-0.39, 0.29) is 0 Å². The highest BCUT2D eigenvalue weighted by Crippen LogP contribution is 2.25. The minimum Gasteiger partial charge on any atom is -0.348 e. The van der Waals surface area contributed by atoms with Crippen molar-refractivity contribution in [3.05, 3.63) is 11.1 Å². The Hall–Kier alpha value is -1.08. The maximum absolute atomic E-state index is 8.67. The number of nitriles is 1. The summed E-state index contributed by atoms with van der Waals surface area (Å²) >= 11 is 1.57. The molecule has 4 heteroatoms. The van der Waals surface area contributed by atoms with Crippen LogP contribution >= 0.6 is 11.3 Å². The van der Waals surface area contributed by atoms with E-state index < -0.39 is 0 Å². The Labute approximate surface area is 88.0 Å². The molecule has 1 fully saturated rings. The molecule has 0 atom stereocenters. The molecule has 0 radical (unpaired) electrons. The summed E-state index contributed by atoms with van der Waals surface area (Å²) in [5.74, 6) is 0.835. The SMILES string of the molecule is CC1CCN(c2nc(C#N)cs2)CC1. The maximum Gasteiger partial charge on any atom is 0.186 e. The van der Waals surface area contributed by atoms with Crippen LogP contribution in [0.3, 0.4) is 0 Å². The van der Waals surface area contributed by atoms with Crippen molar-refractivity contribution in [2.24, 2.45) is 5.92 Å². The summed E-state index contributed by atoms with van der Waals surface area (Å²) in [7, 11) is 0. The predicted molar refractivity (Wildman–Crippen MR) is 57.4 cm³/mol. The molecule has 1 aromatic rings. The quantitative estimate of drug-likeness (QED) is 0.709. The van der Waals surface area contributed by atoms with Crippen molar-refractivity contribution >= 4 is 16.5 Å². The zero-order valence-corrected chi connectivity index (χ0v) is 9.05. The largest absolute Gasteiger partial charge is 0.348 e. The zero-order valence-electron chi connectivity index (χ0n) is 8.23. The molecule has 0 saturated carbocycles. The van der Waals surface area contributed by atoms with Crippen molar-refractivity contribution in [2.75, 3.05) is 18.0 Å². The summed E-state index contributed by atoms with van der Waals surface area (Å²) < 4.78 is 0. The number of hydrogen-bond donors (Lipinski definition) is 0. The van der Waals surface area contributed by atoms with Crippen LogP contribution < -0.4 is 4.90 Å². The zero-order chi connectivity index (χ0) is 9.97. The third-order valence-electron chi connectivity index (χ3n) is 2.66. The number of thiazole rings is 1. The molecule has 0 bridgehead atoms. The average molecular weight is 207 g/mol. The first-order valence-corrected chi connectivity index (χ1v) is 5.78. The molecule has 1 aliphatic heterocycles. The highest BCUT2D eigenvalue weighted by molar-refractivity contribution is 7.13. The molecule has 74 valence electrons. The highest BCUT2D eigenvalue weighted by atomic mass is 32.1. The smallest absolute Gasteiger partial charge is 0.186 e. The van der Waals surface area contributed by atoms with Gasteiger partial charge in [0.1, 0.15) is 6.07 Å². The standard InChI is InChI=1S/C10H13N3S/c1-8-2-4-13(5-3-8)10-12-9(6-11)7-14-10/h7-8H,2-5H2,1H3. The van der Waals surface area contributed by atoms with Gasteiger partial charge in [0, 0.05) is 18.5 Å². The van der Waals surface area contributed by atoms with E-state index in [0.29, 0.717) is 5.69 Å². The lowest BCUT2D eigenvalue weighted by atomic mass is 10.00. The molecule has 0 N–H and O–H groups in total. The number of anilines is 1. The second-order valence-electron chi connectivity index (χ2n) is 3.80. The van der Waals surface area contributed by atoms with Gasteiger partial charge in [-0.15, -0.1) is 11.3 Å². The molecular formula is C10H13N3S. The molecule has 0 aromatic carbocycles. The monoisotopic (exact) mass is 207 g/mol. The van der Waals surface area contributed by atoms with E-state index in [1.165, 1.54) is 12.8 Å². The van der Waals surface area contributed by atoms with Gasteiger partial charge in [-0.1, -0.05) is 6.92 Å². The topological polar surface area (TPSA) is 39.9 Å². The summed E-state index contributed by atoms with van der Waals surface area (Å²) in [5, 5.41) is 11.5. The summed E-state index contributed by atoms with van der Waals surface area (Å²) in [6, 6.07) is 2.07. The third-order valence-corrected chi connectivity index (χ3v) is 3.56. The van der Waals surface area contributed by atoms with Crippen LogP contribution in [0, 0.1) is 17.2 Å². The summed E-state index contributed by atoms with van der Waals surface area (Å²) in [6.45, 7) is 4.46. The van der Waals surface area contributed by atoms with Crippen LogP contribution in [-0.4, -0.2) is 18.1 Å². The molecule has 0 spiro atoms. The van der Waals surface area contributed by atoms with E-state index in [4.69, 9.17) is 5.26 Å². The van der Waals surface area contributed by atoms with E-state index in [0.717, 1.165) is 24.1 Å². The Morgan fingerprint density at radius 2 is 2.29 bits per heavy atom. The van der Waals surface area contributed by atoms with Gasteiger partial charge >= 0.3 is 0 Å².